The van der Waals surface area contributed by atoms with E-state index < -0.39 is 0 Å². The van der Waals surface area contributed by atoms with Crippen LogP contribution in [0.25, 0.3) is 11.6 Å². The average Bonchev–Trinajstić information content (AvgIpc) is 3.04. The molecule has 0 radical (unpaired) electrons. The molecule has 0 unspecified atom stereocenters. The Bertz CT molecular complexity index is 1040. The molecule has 0 spiro atoms. The summed E-state index contributed by atoms with van der Waals surface area (Å²) in [5, 5.41) is 0. The Morgan fingerprint density at radius 3 is 2.38 bits per heavy atom. The molecule has 8 heteroatoms. The van der Waals surface area contributed by atoms with Gasteiger partial charge in [0.05, 0.1) is 20.3 Å². The maximum absolute atomic E-state index is 13.3. The summed E-state index contributed by atoms with van der Waals surface area (Å²) >= 11 is 0. The van der Waals surface area contributed by atoms with Crippen LogP contribution in [0, 0.1) is 0 Å². The number of ether oxygens (including phenoxy) is 2. The van der Waals surface area contributed by atoms with Crippen LogP contribution < -0.4 is 14.4 Å². The summed E-state index contributed by atoms with van der Waals surface area (Å²) in [5.41, 5.74) is 1.50. The van der Waals surface area contributed by atoms with Crippen LogP contribution >= 0.6 is 0 Å². The van der Waals surface area contributed by atoms with E-state index in [4.69, 9.17) is 9.47 Å². The third kappa shape index (κ3) is 3.26. The second kappa shape index (κ2) is 7.83. The summed E-state index contributed by atoms with van der Waals surface area (Å²) in [5.74, 6) is 2.30. The molecule has 1 atom stereocenters. The smallest absolute Gasteiger partial charge is 0.260 e. The Balaban J connectivity index is 1.80. The van der Waals surface area contributed by atoms with Crippen LogP contribution in [0.2, 0.25) is 0 Å². The minimum Gasteiger partial charge on any atom is -0.493 e. The molecule has 1 aromatic carbocycles. The summed E-state index contributed by atoms with van der Waals surface area (Å²) in [6, 6.07) is 6.93. The van der Waals surface area contributed by atoms with Gasteiger partial charge in [-0.25, -0.2) is 19.9 Å². The van der Waals surface area contributed by atoms with Gasteiger partial charge in [-0.15, -0.1) is 0 Å². The zero-order chi connectivity index (χ0) is 20.4. The lowest BCUT2D eigenvalue weighted by molar-refractivity contribution is 0.0989. The number of nitrogens with zero attached hydrogens (tertiary/aromatic N) is 5. The summed E-state index contributed by atoms with van der Waals surface area (Å²) < 4.78 is 10.8. The summed E-state index contributed by atoms with van der Waals surface area (Å²) in [6.45, 7) is 2.09. The minimum absolute atomic E-state index is 0.127. The third-order valence-corrected chi connectivity index (χ3v) is 4.89. The van der Waals surface area contributed by atoms with Crippen LogP contribution in [0.4, 0.5) is 5.82 Å². The van der Waals surface area contributed by atoms with Crippen LogP contribution in [0.15, 0.2) is 42.9 Å². The molecule has 3 heterocycles. The molecule has 29 heavy (non-hydrogen) atoms. The molecule has 4 rings (SSSR count). The summed E-state index contributed by atoms with van der Waals surface area (Å²) in [4.78, 5) is 32.3. The van der Waals surface area contributed by atoms with Gasteiger partial charge in [0.2, 0.25) is 0 Å². The van der Waals surface area contributed by atoms with Crippen molar-refractivity contribution in [2.75, 3.05) is 19.1 Å². The molecule has 0 N–H and O–H groups in total. The molecule has 1 aliphatic rings. The first kappa shape index (κ1) is 18.8. The van der Waals surface area contributed by atoms with Crippen molar-refractivity contribution in [2.24, 2.45) is 0 Å². The average molecular weight is 391 g/mol. The van der Waals surface area contributed by atoms with E-state index in [1.807, 2.05) is 6.07 Å². The molecule has 0 saturated carbocycles. The Kier molecular flexibility index (Phi) is 5.07. The fourth-order valence-corrected chi connectivity index (χ4v) is 3.59. The second-order valence-electron chi connectivity index (χ2n) is 6.58. The van der Waals surface area contributed by atoms with Gasteiger partial charge in [0.25, 0.3) is 5.91 Å². The molecule has 0 fully saturated rings. The Morgan fingerprint density at radius 1 is 1.00 bits per heavy atom. The van der Waals surface area contributed by atoms with Crippen molar-refractivity contribution in [1.29, 1.82) is 0 Å². The van der Waals surface area contributed by atoms with Crippen LogP contribution in [0.1, 0.15) is 41.7 Å². The van der Waals surface area contributed by atoms with Gasteiger partial charge in [-0.05, 0) is 36.2 Å². The molecular formula is C21H21N5O3. The van der Waals surface area contributed by atoms with E-state index in [0.717, 1.165) is 18.4 Å². The Labute approximate surface area is 168 Å². The number of carbonyl (C=O) groups is 1. The quantitative estimate of drug-likeness (QED) is 0.635. The van der Waals surface area contributed by atoms with Gasteiger partial charge in [0.1, 0.15) is 5.82 Å². The van der Waals surface area contributed by atoms with Gasteiger partial charge in [0.15, 0.2) is 23.1 Å². The second-order valence-corrected chi connectivity index (χ2v) is 6.58. The van der Waals surface area contributed by atoms with Crippen molar-refractivity contribution in [3.8, 4) is 23.1 Å². The third-order valence-electron chi connectivity index (χ3n) is 4.89. The molecule has 1 aliphatic heterocycles. The number of aromatic nitrogens is 4. The van der Waals surface area contributed by atoms with E-state index in [9.17, 15) is 4.79 Å². The Hall–Kier alpha value is -3.55. The number of hydrogen-bond acceptors (Lipinski definition) is 7. The molecular weight excluding hydrogens is 370 g/mol. The lowest BCUT2D eigenvalue weighted by atomic mass is 10.00. The summed E-state index contributed by atoms with van der Waals surface area (Å²) in [6.07, 6.45) is 6.58. The number of amides is 1. The van der Waals surface area contributed by atoms with E-state index in [0.29, 0.717) is 34.5 Å². The highest BCUT2D eigenvalue weighted by atomic mass is 16.5. The van der Waals surface area contributed by atoms with E-state index in [-0.39, 0.29) is 11.9 Å². The van der Waals surface area contributed by atoms with Crippen molar-refractivity contribution in [1.82, 2.24) is 19.9 Å². The number of fused-ring (bicyclic) bond motifs is 1. The van der Waals surface area contributed by atoms with Crippen molar-refractivity contribution in [3.05, 3.63) is 54.0 Å². The normalized spacial score (nSPS) is 15.3. The van der Waals surface area contributed by atoms with Crippen molar-refractivity contribution in [3.63, 3.8) is 0 Å². The standard InChI is InChI=1S/C21H21N5O3/c1-4-6-15-13-11-16(28-2)17(29-3)12-14(13)21(27)26(15)18-7-10-24-20(25-18)19-22-8-5-9-23-19/h5,7-12,15H,4,6H2,1-3H3/t15-/m0/s1. The number of rotatable bonds is 6. The monoisotopic (exact) mass is 391 g/mol. The number of methoxy groups -OCH3 is 2. The fraction of sp³-hybridized carbons (Fsp3) is 0.286. The number of benzene rings is 1. The predicted octanol–water partition coefficient (Wildman–Crippen LogP) is 3.45. The van der Waals surface area contributed by atoms with Gasteiger partial charge < -0.3 is 9.47 Å². The number of hydrogen-bond donors (Lipinski definition) is 0. The number of anilines is 1. The maximum Gasteiger partial charge on any atom is 0.260 e. The lowest BCUT2D eigenvalue weighted by Gasteiger charge is -2.24. The lowest BCUT2D eigenvalue weighted by Crippen LogP contribution is -2.28. The predicted molar refractivity (Wildman–Crippen MR) is 107 cm³/mol. The van der Waals surface area contributed by atoms with Gasteiger partial charge in [0, 0.05) is 24.2 Å². The Morgan fingerprint density at radius 2 is 1.69 bits per heavy atom. The van der Waals surface area contributed by atoms with Gasteiger partial charge in [-0.3, -0.25) is 9.69 Å². The van der Waals surface area contributed by atoms with Gasteiger partial charge in [-0.2, -0.15) is 0 Å². The molecule has 0 saturated heterocycles. The largest absolute Gasteiger partial charge is 0.493 e. The molecule has 3 aromatic rings. The highest BCUT2D eigenvalue weighted by Crippen LogP contribution is 2.44. The first-order chi connectivity index (χ1) is 14.2. The van der Waals surface area contributed by atoms with E-state index in [1.165, 1.54) is 0 Å². The van der Waals surface area contributed by atoms with Crippen molar-refractivity contribution >= 4 is 11.7 Å². The fourth-order valence-electron chi connectivity index (χ4n) is 3.59. The topological polar surface area (TPSA) is 90.3 Å². The van der Waals surface area contributed by atoms with Crippen molar-refractivity contribution in [2.45, 2.75) is 25.8 Å². The molecule has 148 valence electrons. The van der Waals surface area contributed by atoms with Crippen LogP contribution in [0.5, 0.6) is 11.5 Å². The first-order valence-corrected chi connectivity index (χ1v) is 9.37. The van der Waals surface area contributed by atoms with Crippen LogP contribution in [-0.4, -0.2) is 40.1 Å². The zero-order valence-corrected chi connectivity index (χ0v) is 16.5. The molecule has 0 bridgehead atoms. The van der Waals surface area contributed by atoms with E-state index >= 15 is 0 Å². The summed E-state index contributed by atoms with van der Waals surface area (Å²) in [7, 11) is 3.14. The first-order valence-electron chi connectivity index (χ1n) is 9.37. The zero-order valence-electron chi connectivity index (χ0n) is 16.5. The number of carbonyl (C=O) groups excluding carboxylic acids is 1. The van der Waals surface area contributed by atoms with Crippen LogP contribution in [-0.2, 0) is 0 Å². The SMILES string of the molecule is CCC[C@H]1c2cc(OC)c(OC)cc2C(=O)N1c1ccnc(-c2ncccn2)n1. The van der Waals surface area contributed by atoms with Crippen molar-refractivity contribution < 1.29 is 14.3 Å². The van der Waals surface area contributed by atoms with Crippen LogP contribution in [0.3, 0.4) is 0 Å². The van der Waals surface area contributed by atoms with E-state index in [1.54, 1.807) is 55.9 Å². The highest BCUT2D eigenvalue weighted by molar-refractivity contribution is 6.11. The molecule has 2 aromatic heterocycles. The van der Waals surface area contributed by atoms with Gasteiger partial charge >= 0.3 is 0 Å². The molecule has 0 aliphatic carbocycles. The maximum atomic E-state index is 13.3. The molecule has 1 amide bonds. The van der Waals surface area contributed by atoms with E-state index in [2.05, 4.69) is 26.9 Å². The van der Waals surface area contributed by atoms with Gasteiger partial charge in [-0.1, -0.05) is 13.3 Å². The minimum atomic E-state index is -0.151. The highest BCUT2D eigenvalue weighted by Gasteiger charge is 2.39. The molecule has 8 nitrogen and oxygen atoms in total.